The number of carbonyl (C=O) groups excluding carboxylic acids is 1. The van der Waals surface area contributed by atoms with Crippen LogP contribution in [0.15, 0.2) is 77.7 Å². The highest BCUT2D eigenvalue weighted by Gasteiger charge is 2.18. The van der Waals surface area contributed by atoms with Crippen LogP contribution >= 0.6 is 0 Å². The first-order valence-corrected chi connectivity index (χ1v) is 13.6. The van der Waals surface area contributed by atoms with Gasteiger partial charge in [0.05, 0.1) is 18.1 Å². The molecule has 2 N–H and O–H groups in total. The zero-order chi connectivity index (χ0) is 24.5. The van der Waals surface area contributed by atoms with Crippen LogP contribution in [-0.4, -0.2) is 20.9 Å². The fourth-order valence-corrected chi connectivity index (χ4v) is 5.35. The van der Waals surface area contributed by atoms with E-state index < -0.39 is 10.0 Å². The van der Waals surface area contributed by atoms with Crippen molar-refractivity contribution in [3.8, 4) is 0 Å². The fraction of sp³-hybridized carbons (Fsp3) is 0.321. The summed E-state index contributed by atoms with van der Waals surface area (Å²) in [5, 5.41) is 2.89. The summed E-state index contributed by atoms with van der Waals surface area (Å²) in [6.07, 6.45) is 4.23. The zero-order valence-corrected chi connectivity index (χ0v) is 20.6. The number of fused-ring (bicyclic) bond motifs is 1. The Bertz CT molecular complexity index is 1240. The molecule has 4 rings (SSSR count). The summed E-state index contributed by atoms with van der Waals surface area (Å²) >= 11 is 0. The number of hydrogen-bond donors (Lipinski definition) is 2. The monoisotopic (exact) mass is 492 g/mol. The summed E-state index contributed by atoms with van der Waals surface area (Å²) in [6, 6.07) is 23.1. The van der Waals surface area contributed by atoms with Gasteiger partial charge in [-0.2, -0.15) is 0 Å². The number of aryl methyl sites for hydroxylation is 2. The largest absolute Gasteiger partial charge is 0.372 e. The standard InChI is InChI=1S/C28H32N2O4S/c31-28(16-17-30-35(32,33)27-15-14-23-10-4-5-11-24(23)18-27)29-19-25-12-6-7-13-26(25)21-34-20-22-8-2-1-3-9-22/h1-3,6-9,12-15,18,30H,4-5,10-11,16-17,19-21H2,(H,29,31). The van der Waals surface area contributed by atoms with Gasteiger partial charge in [0.2, 0.25) is 15.9 Å². The third-order valence-electron chi connectivity index (χ3n) is 6.24. The predicted octanol–water partition coefficient (Wildman–Crippen LogP) is 4.27. The average Bonchev–Trinajstić information content (AvgIpc) is 2.88. The molecule has 0 saturated heterocycles. The molecule has 6 nitrogen and oxygen atoms in total. The van der Waals surface area contributed by atoms with E-state index in [0.29, 0.717) is 19.8 Å². The Morgan fingerprint density at radius 2 is 1.54 bits per heavy atom. The predicted molar refractivity (Wildman–Crippen MR) is 136 cm³/mol. The number of nitrogens with one attached hydrogen (secondary N) is 2. The molecule has 0 radical (unpaired) electrons. The van der Waals surface area contributed by atoms with Gasteiger partial charge in [0.25, 0.3) is 0 Å². The summed E-state index contributed by atoms with van der Waals surface area (Å²) in [7, 11) is -3.64. The number of ether oxygens (including phenoxy) is 1. The van der Waals surface area contributed by atoms with Gasteiger partial charge in [-0.05, 0) is 65.6 Å². The molecular formula is C28H32N2O4S. The molecule has 0 aliphatic heterocycles. The molecular weight excluding hydrogens is 460 g/mol. The summed E-state index contributed by atoms with van der Waals surface area (Å²) in [5.74, 6) is -0.210. The zero-order valence-electron chi connectivity index (χ0n) is 19.8. The average molecular weight is 493 g/mol. The lowest BCUT2D eigenvalue weighted by Crippen LogP contribution is -2.31. The molecule has 1 aliphatic rings. The summed E-state index contributed by atoms with van der Waals surface area (Å²) < 4.78 is 33.7. The first-order valence-electron chi connectivity index (χ1n) is 12.1. The van der Waals surface area contributed by atoms with E-state index >= 15 is 0 Å². The molecule has 0 saturated carbocycles. The highest BCUT2D eigenvalue weighted by atomic mass is 32.2. The van der Waals surface area contributed by atoms with Crippen LogP contribution in [0.4, 0.5) is 0 Å². The van der Waals surface area contributed by atoms with E-state index in [1.807, 2.05) is 60.7 Å². The summed E-state index contributed by atoms with van der Waals surface area (Å²) in [6.45, 7) is 1.38. The number of amides is 1. The van der Waals surface area contributed by atoms with Gasteiger partial charge in [-0.15, -0.1) is 0 Å². The van der Waals surface area contributed by atoms with Crippen LogP contribution < -0.4 is 10.0 Å². The Labute approximate surface area is 207 Å². The van der Waals surface area contributed by atoms with Crippen molar-refractivity contribution in [1.82, 2.24) is 10.0 Å². The second-order valence-electron chi connectivity index (χ2n) is 8.81. The third kappa shape index (κ3) is 7.24. The number of sulfonamides is 1. The van der Waals surface area contributed by atoms with Gasteiger partial charge in [-0.3, -0.25) is 4.79 Å². The van der Waals surface area contributed by atoms with Crippen LogP contribution in [-0.2, 0) is 52.2 Å². The van der Waals surface area contributed by atoms with E-state index in [0.717, 1.165) is 47.9 Å². The molecule has 0 aromatic heterocycles. The maximum Gasteiger partial charge on any atom is 0.240 e. The van der Waals surface area contributed by atoms with Gasteiger partial charge in [-0.25, -0.2) is 13.1 Å². The van der Waals surface area contributed by atoms with Gasteiger partial charge in [0, 0.05) is 19.5 Å². The number of hydrogen-bond acceptors (Lipinski definition) is 4. The molecule has 35 heavy (non-hydrogen) atoms. The fourth-order valence-electron chi connectivity index (χ4n) is 4.27. The minimum Gasteiger partial charge on any atom is -0.372 e. The van der Waals surface area contributed by atoms with Gasteiger partial charge in [-0.1, -0.05) is 60.7 Å². The smallest absolute Gasteiger partial charge is 0.240 e. The highest BCUT2D eigenvalue weighted by molar-refractivity contribution is 7.89. The second kappa shape index (κ2) is 12.1. The third-order valence-corrected chi connectivity index (χ3v) is 7.70. The molecule has 0 fully saturated rings. The van der Waals surface area contributed by atoms with Gasteiger partial charge in [0.15, 0.2) is 0 Å². The second-order valence-corrected chi connectivity index (χ2v) is 10.6. The van der Waals surface area contributed by atoms with Gasteiger partial charge >= 0.3 is 0 Å². The van der Waals surface area contributed by atoms with Crippen LogP contribution in [0.25, 0.3) is 0 Å². The van der Waals surface area contributed by atoms with Crippen molar-refractivity contribution >= 4 is 15.9 Å². The first-order chi connectivity index (χ1) is 17.0. The van der Waals surface area contributed by atoms with Crippen LogP contribution in [0.2, 0.25) is 0 Å². The topological polar surface area (TPSA) is 84.5 Å². The SMILES string of the molecule is O=C(CCNS(=O)(=O)c1ccc2c(c1)CCCC2)NCc1ccccc1COCc1ccccc1. The van der Waals surface area contributed by atoms with Crippen LogP contribution in [0.5, 0.6) is 0 Å². The molecule has 0 spiro atoms. The van der Waals surface area contributed by atoms with Crippen molar-refractivity contribution < 1.29 is 17.9 Å². The Balaban J connectivity index is 1.23. The molecule has 3 aromatic rings. The molecule has 0 unspecified atom stereocenters. The van der Waals surface area contributed by atoms with E-state index in [1.165, 1.54) is 5.56 Å². The highest BCUT2D eigenvalue weighted by Crippen LogP contribution is 2.24. The number of benzene rings is 3. The quantitative estimate of drug-likeness (QED) is 0.419. The van der Waals surface area contributed by atoms with Crippen molar-refractivity contribution in [1.29, 1.82) is 0 Å². The molecule has 1 aliphatic carbocycles. The normalized spacial score (nSPS) is 13.3. The van der Waals surface area contributed by atoms with Crippen LogP contribution in [0, 0.1) is 0 Å². The lowest BCUT2D eigenvalue weighted by atomic mass is 9.92. The van der Waals surface area contributed by atoms with Crippen molar-refractivity contribution in [2.45, 2.75) is 56.8 Å². The molecule has 184 valence electrons. The van der Waals surface area contributed by atoms with Gasteiger partial charge in [0.1, 0.15) is 0 Å². The van der Waals surface area contributed by atoms with E-state index in [-0.39, 0.29) is 23.8 Å². The number of carbonyl (C=O) groups is 1. The van der Waals surface area contributed by atoms with Crippen molar-refractivity contribution in [2.75, 3.05) is 6.54 Å². The summed E-state index contributed by atoms with van der Waals surface area (Å²) in [4.78, 5) is 12.6. The van der Waals surface area contributed by atoms with Crippen LogP contribution in [0.1, 0.15) is 47.1 Å². The number of rotatable bonds is 11. The molecule has 3 aromatic carbocycles. The van der Waals surface area contributed by atoms with Crippen molar-refractivity contribution in [3.05, 3.63) is 101 Å². The maximum atomic E-state index is 12.7. The van der Waals surface area contributed by atoms with E-state index in [2.05, 4.69) is 10.0 Å². The minimum atomic E-state index is -3.64. The van der Waals surface area contributed by atoms with E-state index in [4.69, 9.17) is 4.74 Å². The van der Waals surface area contributed by atoms with Crippen LogP contribution in [0.3, 0.4) is 0 Å². The Hall–Kier alpha value is -3.00. The summed E-state index contributed by atoms with van der Waals surface area (Å²) in [5.41, 5.74) is 5.44. The maximum absolute atomic E-state index is 12.7. The minimum absolute atomic E-state index is 0.0487. The molecule has 1 amide bonds. The molecule has 0 bridgehead atoms. The molecule has 0 atom stereocenters. The van der Waals surface area contributed by atoms with E-state index in [9.17, 15) is 13.2 Å². The lowest BCUT2D eigenvalue weighted by molar-refractivity contribution is -0.121. The van der Waals surface area contributed by atoms with E-state index in [1.54, 1.807) is 12.1 Å². The molecule has 7 heteroatoms. The molecule has 0 heterocycles. The van der Waals surface area contributed by atoms with Crippen molar-refractivity contribution in [2.24, 2.45) is 0 Å². The lowest BCUT2D eigenvalue weighted by Gasteiger charge is -2.16. The first kappa shape index (κ1) is 25.1. The van der Waals surface area contributed by atoms with Gasteiger partial charge < -0.3 is 10.1 Å². The van der Waals surface area contributed by atoms with Crippen molar-refractivity contribution in [3.63, 3.8) is 0 Å². The Morgan fingerprint density at radius 3 is 2.34 bits per heavy atom. The Kier molecular flexibility index (Phi) is 8.69. The Morgan fingerprint density at radius 1 is 0.829 bits per heavy atom.